The van der Waals surface area contributed by atoms with Crippen molar-refractivity contribution in [2.24, 2.45) is 0 Å². The molecule has 3 heteroatoms. The number of nitrogens with zero attached hydrogens (tertiary/aromatic N) is 1. The molecule has 19 heavy (non-hydrogen) atoms. The van der Waals surface area contributed by atoms with E-state index < -0.39 is 0 Å². The van der Waals surface area contributed by atoms with E-state index in [0.717, 1.165) is 24.2 Å². The van der Waals surface area contributed by atoms with Crippen LogP contribution in [0.4, 0.5) is 4.39 Å². The number of likely N-dealkylation sites (N-methyl/N-ethyl adjacent to an activating group) is 1. The predicted octanol–water partition coefficient (Wildman–Crippen LogP) is 3.27. The van der Waals surface area contributed by atoms with Gasteiger partial charge in [-0.25, -0.2) is 4.39 Å². The van der Waals surface area contributed by atoms with Gasteiger partial charge in [0.05, 0.1) is 6.04 Å². The molecule has 2 rings (SSSR count). The Kier molecular flexibility index (Phi) is 4.26. The zero-order chi connectivity index (χ0) is 14.0. The first-order valence-electron chi connectivity index (χ1n) is 7.14. The second-order valence-corrected chi connectivity index (χ2v) is 6.13. The molecule has 1 aliphatic rings. The maximum atomic E-state index is 13.6. The molecule has 2 nitrogen and oxygen atoms in total. The zero-order valence-corrected chi connectivity index (χ0v) is 12.5. The van der Waals surface area contributed by atoms with Crippen molar-refractivity contribution in [2.45, 2.75) is 45.2 Å². The largest absolute Gasteiger partial charge is 0.311 e. The fourth-order valence-corrected chi connectivity index (χ4v) is 3.34. The van der Waals surface area contributed by atoms with Gasteiger partial charge in [0, 0.05) is 5.54 Å². The quantitative estimate of drug-likeness (QED) is 0.898. The predicted molar refractivity (Wildman–Crippen MR) is 77.8 cm³/mol. The van der Waals surface area contributed by atoms with Gasteiger partial charge in [-0.15, -0.1) is 0 Å². The number of aryl methyl sites for hydroxylation is 1. The van der Waals surface area contributed by atoms with Crippen molar-refractivity contribution < 1.29 is 4.39 Å². The lowest BCUT2D eigenvalue weighted by molar-refractivity contribution is 0.110. The minimum absolute atomic E-state index is 0.00845. The molecule has 0 saturated carbocycles. The number of likely N-dealkylation sites (tertiary alicyclic amines) is 1. The summed E-state index contributed by atoms with van der Waals surface area (Å²) >= 11 is 0. The number of hydrogen-bond acceptors (Lipinski definition) is 2. The van der Waals surface area contributed by atoms with Crippen LogP contribution in [0.25, 0.3) is 0 Å². The number of hydrogen-bond donors (Lipinski definition) is 1. The molecule has 0 amide bonds. The minimum atomic E-state index is -0.146. The van der Waals surface area contributed by atoms with Gasteiger partial charge in [0.15, 0.2) is 0 Å². The third-order valence-corrected chi connectivity index (χ3v) is 4.31. The molecule has 0 radical (unpaired) electrons. The van der Waals surface area contributed by atoms with Gasteiger partial charge in [0.2, 0.25) is 0 Å². The van der Waals surface area contributed by atoms with E-state index >= 15 is 0 Å². The molecule has 1 aromatic carbocycles. The van der Waals surface area contributed by atoms with Crippen LogP contribution in [0.15, 0.2) is 18.2 Å². The summed E-state index contributed by atoms with van der Waals surface area (Å²) in [6, 6.07) is 5.47. The number of rotatable bonds is 4. The Balaban J connectivity index is 2.32. The van der Waals surface area contributed by atoms with Crippen molar-refractivity contribution in [3.8, 4) is 0 Å². The highest BCUT2D eigenvalue weighted by molar-refractivity contribution is 5.28. The molecule has 0 bridgehead atoms. The number of halogens is 1. The molecule has 0 aliphatic carbocycles. The molecule has 1 aliphatic heterocycles. The van der Waals surface area contributed by atoms with Gasteiger partial charge in [-0.1, -0.05) is 6.07 Å². The van der Waals surface area contributed by atoms with Crippen LogP contribution in [-0.4, -0.2) is 30.6 Å². The van der Waals surface area contributed by atoms with Crippen LogP contribution in [0.3, 0.4) is 0 Å². The molecule has 106 valence electrons. The van der Waals surface area contributed by atoms with Gasteiger partial charge in [-0.2, -0.15) is 0 Å². The average Bonchev–Trinajstić information content (AvgIpc) is 2.81. The smallest absolute Gasteiger partial charge is 0.123 e. The summed E-state index contributed by atoms with van der Waals surface area (Å²) < 4.78 is 13.6. The zero-order valence-electron chi connectivity index (χ0n) is 12.5. The van der Waals surface area contributed by atoms with E-state index in [-0.39, 0.29) is 17.4 Å². The number of benzene rings is 1. The van der Waals surface area contributed by atoms with Crippen LogP contribution in [0.5, 0.6) is 0 Å². The lowest BCUT2D eigenvalue weighted by Gasteiger charge is -2.42. The molecule has 1 heterocycles. The van der Waals surface area contributed by atoms with Crippen LogP contribution in [0, 0.1) is 12.7 Å². The van der Waals surface area contributed by atoms with Crippen molar-refractivity contribution in [2.75, 3.05) is 20.1 Å². The summed E-state index contributed by atoms with van der Waals surface area (Å²) in [6.45, 7) is 8.72. The molecule has 1 N–H and O–H groups in total. The van der Waals surface area contributed by atoms with Crippen LogP contribution < -0.4 is 5.32 Å². The molecule has 0 spiro atoms. The first-order chi connectivity index (χ1) is 8.95. The van der Waals surface area contributed by atoms with Gasteiger partial charge < -0.3 is 5.32 Å². The molecular formula is C16H25FN2. The SMILES string of the molecule is CNC(c1cc(C)cc(F)c1)C(C)(C)N1CCCC1. The monoisotopic (exact) mass is 264 g/mol. The number of nitrogens with one attached hydrogen (secondary N) is 1. The van der Waals surface area contributed by atoms with Gasteiger partial charge in [0.25, 0.3) is 0 Å². The van der Waals surface area contributed by atoms with E-state index in [0.29, 0.717) is 0 Å². The summed E-state index contributed by atoms with van der Waals surface area (Å²) in [7, 11) is 1.96. The van der Waals surface area contributed by atoms with E-state index in [1.807, 2.05) is 14.0 Å². The van der Waals surface area contributed by atoms with Crippen LogP contribution in [-0.2, 0) is 0 Å². The maximum absolute atomic E-state index is 13.6. The molecule has 1 saturated heterocycles. The normalized spacial score (nSPS) is 18.8. The maximum Gasteiger partial charge on any atom is 0.123 e. The van der Waals surface area contributed by atoms with E-state index in [1.54, 1.807) is 12.1 Å². The van der Waals surface area contributed by atoms with Crippen molar-refractivity contribution in [1.29, 1.82) is 0 Å². The lowest BCUT2D eigenvalue weighted by Crippen LogP contribution is -2.50. The summed E-state index contributed by atoms with van der Waals surface area (Å²) in [5.74, 6) is -0.146. The first kappa shape index (κ1) is 14.5. The fraction of sp³-hybridized carbons (Fsp3) is 0.625. The minimum Gasteiger partial charge on any atom is -0.311 e. The molecule has 1 aromatic rings. The highest BCUT2D eigenvalue weighted by Gasteiger charge is 2.36. The van der Waals surface area contributed by atoms with Gasteiger partial charge in [0.1, 0.15) is 5.82 Å². The fourth-order valence-electron chi connectivity index (χ4n) is 3.34. The standard InChI is InChI=1S/C16H25FN2/c1-12-9-13(11-14(17)10-12)15(18-4)16(2,3)19-7-5-6-8-19/h9-11,15,18H,5-8H2,1-4H3. The second kappa shape index (κ2) is 5.59. The summed E-state index contributed by atoms with van der Waals surface area (Å²) in [6.07, 6.45) is 2.53. The van der Waals surface area contributed by atoms with E-state index in [2.05, 4.69) is 30.1 Å². The highest BCUT2D eigenvalue weighted by atomic mass is 19.1. The Morgan fingerprint density at radius 1 is 1.21 bits per heavy atom. The Morgan fingerprint density at radius 3 is 2.37 bits per heavy atom. The summed E-state index contributed by atoms with van der Waals surface area (Å²) in [5, 5.41) is 3.38. The van der Waals surface area contributed by atoms with Crippen molar-refractivity contribution >= 4 is 0 Å². The van der Waals surface area contributed by atoms with Crippen LogP contribution in [0.1, 0.15) is 43.9 Å². The molecule has 1 atom stereocenters. The third-order valence-electron chi connectivity index (χ3n) is 4.31. The molecular weight excluding hydrogens is 239 g/mol. The van der Waals surface area contributed by atoms with Crippen molar-refractivity contribution in [3.05, 3.63) is 35.1 Å². The van der Waals surface area contributed by atoms with Crippen molar-refractivity contribution in [1.82, 2.24) is 10.2 Å². The van der Waals surface area contributed by atoms with Crippen LogP contribution in [0.2, 0.25) is 0 Å². The summed E-state index contributed by atoms with van der Waals surface area (Å²) in [4.78, 5) is 2.51. The Morgan fingerprint density at radius 2 is 1.84 bits per heavy atom. The second-order valence-electron chi connectivity index (χ2n) is 6.13. The van der Waals surface area contributed by atoms with Crippen LogP contribution >= 0.6 is 0 Å². The Labute approximate surface area is 116 Å². The lowest BCUT2D eigenvalue weighted by atomic mass is 9.86. The first-order valence-corrected chi connectivity index (χ1v) is 7.14. The van der Waals surface area contributed by atoms with Gasteiger partial charge in [-0.3, -0.25) is 4.90 Å². The van der Waals surface area contributed by atoms with E-state index in [1.165, 1.54) is 12.8 Å². The highest BCUT2D eigenvalue weighted by Crippen LogP contribution is 2.33. The van der Waals surface area contributed by atoms with E-state index in [9.17, 15) is 4.39 Å². The van der Waals surface area contributed by atoms with E-state index in [4.69, 9.17) is 0 Å². The van der Waals surface area contributed by atoms with Gasteiger partial charge >= 0.3 is 0 Å². The summed E-state index contributed by atoms with van der Waals surface area (Å²) in [5.41, 5.74) is 2.01. The Hall–Kier alpha value is -0.930. The Bertz CT molecular complexity index is 416. The average molecular weight is 264 g/mol. The molecule has 0 aromatic heterocycles. The third kappa shape index (κ3) is 2.98. The van der Waals surface area contributed by atoms with Gasteiger partial charge in [-0.05, 0) is 77.0 Å². The topological polar surface area (TPSA) is 15.3 Å². The molecule has 1 unspecified atom stereocenters. The molecule has 1 fully saturated rings. The van der Waals surface area contributed by atoms with Crippen molar-refractivity contribution in [3.63, 3.8) is 0 Å².